The monoisotopic (exact) mass is 380 g/mol. The summed E-state index contributed by atoms with van der Waals surface area (Å²) in [6, 6.07) is 5.55. The van der Waals surface area contributed by atoms with E-state index >= 15 is 0 Å². The average Bonchev–Trinajstić information content (AvgIpc) is 3.32. The molecule has 0 radical (unpaired) electrons. The number of hydrogen-bond donors (Lipinski definition) is 1. The molecule has 2 heterocycles. The first-order valence-electron chi connectivity index (χ1n) is 8.85. The standard InChI is InChI=1S/C18H24N2O7/c1-12(7-13-3-4-15-16(8-13)24-10-23-15)20(2)17(21)25-11-26-18(22)27-14-5-6-19-9-14/h3-4,8,12,14,19H,5-7,9-11H2,1-2H3. The van der Waals surface area contributed by atoms with Crippen molar-refractivity contribution in [2.75, 3.05) is 33.7 Å². The molecule has 1 aromatic carbocycles. The van der Waals surface area contributed by atoms with E-state index in [2.05, 4.69) is 5.32 Å². The van der Waals surface area contributed by atoms with E-state index in [1.807, 2.05) is 25.1 Å². The van der Waals surface area contributed by atoms with Gasteiger partial charge in [0.1, 0.15) is 6.10 Å². The molecule has 0 spiro atoms. The number of ether oxygens (including phenoxy) is 5. The molecule has 2 aliphatic heterocycles. The lowest BCUT2D eigenvalue weighted by Crippen LogP contribution is -2.37. The molecule has 0 saturated carbocycles. The molecule has 1 fully saturated rings. The van der Waals surface area contributed by atoms with Crippen LogP contribution in [-0.2, 0) is 20.6 Å². The van der Waals surface area contributed by atoms with E-state index in [1.165, 1.54) is 4.90 Å². The van der Waals surface area contributed by atoms with Crippen LogP contribution in [0.25, 0.3) is 0 Å². The Bertz CT molecular complexity index is 676. The van der Waals surface area contributed by atoms with E-state index in [0.717, 1.165) is 24.3 Å². The quantitative estimate of drug-likeness (QED) is 0.590. The van der Waals surface area contributed by atoms with E-state index in [4.69, 9.17) is 23.7 Å². The zero-order valence-electron chi connectivity index (χ0n) is 15.4. The summed E-state index contributed by atoms with van der Waals surface area (Å²) >= 11 is 0. The molecule has 1 aromatic rings. The van der Waals surface area contributed by atoms with Gasteiger partial charge in [0.15, 0.2) is 11.5 Å². The number of hydrogen-bond acceptors (Lipinski definition) is 8. The summed E-state index contributed by atoms with van der Waals surface area (Å²) in [5, 5.41) is 3.07. The number of carbonyl (C=O) groups excluding carboxylic acids is 2. The smallest absolute Gasteiger partial charge is 0.454 e. The topological polar surface area (TPSA) is 95.6 Å². The number of benzene rings is 1. The summed E-state index contributed by atoms with van der Waals surface area (Å²) in [6.07, 6.45) is -0.266. The van der Waals surface area contributed by atoms with E-state index < -0.39 is 19.0 Å². The summed E-state index contributed by atoms with van der Waals surface area (Å²) in [5.41, 5.74) is 1.01. The minimum atomic E-state index is -0.840. The van der Waals surface area contributed by atoms with Gasteiger partial charge in [-0.3, -0.25) is 0 Å². The van der Waals surface area contributed by atoms with Crippen LogP contribution >= 0.6 is 0 Å². The molecule has 1 saturated heterocycles. The minimum absolute atomic E-state index is 0.130. The van der Waals surface area contributed by atoms with Crippen molar-refractivity contribution in [1.82, 2.24) is 10.2 Å². The van der Waals surface area contributed by atoms with Gasteiger partial charge in [0, 0.05) is 19.6 Å². The van der Waals surface area contributed by atoms with Crippen LogP contribution in [0.2, 0.25) is 0 Å². The highest BCUT2D eigenvalue weighted by molar-refractivity contribution is 5.68. The second-order valence-corrected chi connectivity index (χ2v) is 6.51. The third kappa shape index (κ3) is 5.16. The highest BCUT2D eigenvalue weighted by atomic mass is 16.8. The number of likely N-dealkylation sites (N-methyl/N-ethyl adjacent to an activating group) is 1. The van der Waals surface area contributed by atoms with E-state index in [1.54, 1.807) is 7.05 Å². The van der Waals surface area contributed by atoms with E-state index in [0.29, 0.717) is 18.7 Å². The van der Waals surface area contributed by atoms with Gasteiger partial charge in [-0.15, -0.1) is 0 Å². The van der Waals surface area contributed by atoms with Crippen LogP contribution in [0.5, 0.6) is 11.5 Å². The Hall–Kier alpha value is -2.68. The molecular formula is C18H24N2O7. The van der Waals surface area contributed by atoms with Crippen LogP contribution in [0.3, 0.4) is 0 Å². The van der Waals surface area contributed by atoms with E-state index in [9.17, 15) is 9.59 Å². The number of nitrogens with one attached hydrogen (secondary N) is 1. The minimum Gasteiger partial charge on any atom is -0.454 e. The van der Waals surface area contributed by atoms with Crippen molar-refractivity contribution in [2.24, 2.45) is 0 Å². The van der Waals surface area contributed by atoms with Crippen LogP contribution in [0, 0.1) is 0 Å². The molecule has 0 bridgehead atoms. The first kappa shape index (κ1) is 19.1. The van der Waals surface area contributed by atoms with Gasteiger partial charge < -0.3 is 33.9 Å². The molecular weight excluding hydrogens is 356 g/mol. The molecule has 9 heteroatoms. The number of carbonyl (C=O) groups is 2. The van der Waals surface area contributed by atoms with Gasteiger partial charge in [0.25, 0.3) is 0 Å². The van der Waals surface area contributed by atoms with Crippen molar-refractivity contribution in [3.8, 4) is 11.5 Å². The second kappa shape index (κ2) is 8.81. The summed E-state index contributed by atoms with van der Waals surface area (Å²) in [6.45, 7) is 3.04. The number of rotatable bonds is 6. The fourth-order valence-corrected chi connectivity index (χ4v) is 2.85. The lowest BCUT2D eigenvalue weighted by Gasteiger charge is -2.24. The second-order valence-electron chi connectivity index (χ2n) is 6.51. The first-order chi connectivity index (χ1) is 13.0. The molecule has 1 N–H and O–H groups in total. The molecule has 9 nitrogen and oxygen atoms in total. The third-order valence-corrected chi connectivity index (χ3v) is 4.55. The highest BCUT2D eigenvalue weighted by Crippen LogP contribution is 2.32. The van der Waals surface area contributed by atoms with Crippen LogP contribution in [0.4, 0.5) is 9.59 Å². The number of nitrogens with zero attached hydrogens (tertiary/aromatic N) is 1. The predicted octanol–water partition coefficient (Wildman–Crippen LogP) is 1.89. The number of amides is 1. The van der Waals surface area contributed by atoms with Crippen LogP contribution in [0.15, 0.2) is 18.2 Å². The molecule has 3 rings (SSSR count). The lowest BCUT2D eigenvalue weighted by atomic mass is 10.1. The first-order valence-corrected chi connectivity index (χ1v) is 8.85. The normalized spacial score (nSPS) is 18.7. The maximum atomic E-state index is 12.1. The fraction of sp³-hybridized carbons (Fsp3) is 0.556. The maximum absolute atomic E-state index is 12.1. The molecule has 2 aliphatic rings. The van der Waals surface area contributed by atoms with Crippen LogP contribution < -0.4 is 14.8 Å². The molecule has 148 valence electrons. The van der Waals surface area contributed by atoms with Gasteiger partial charge in [-0.2, -0.15) is 0 Å². The van der Waals surface area contributed by atoms with Crippen molar-refractivity contribution in [3.05, 3.63) is 23.8 Å². The van der Waals surface area contributed by atoms with Gasteiger partial charge in [-0.1, -0.05) is 6.07 Å². The predicted molar refractivity (Wildman–Crippen MR) is 93.7 cm³/mol. The average molecular weight is 380 g/mol. The van der Waals surface area contributed by atoms with Gasteiger partial charge in [0.05, 0.1) is 0 Å². The highest BCUT2D eigenvalue weighted by Gasteiger charge is 2.22. The summed E-state index contributed by atoms with van der Waals surface area (Å²) < 4.78 is 25.5. The Balaban J connectivity index is 1.39. The largest absolute Gasteiger partial charge is 0.511 e. The van der Waals surface area contributed by atoms with Gasteiger partial charge in [0.2, 0.25) is 13.6 Å². The fourth-order valence-electron chi connectivity index (χ4n) is 2.85. The van der Waals surface area contributed by atoms with Gasteiger partial charge >= 0.3 is 12.2 Å². The Labute approximate surface area is 157 Å². The molecule has 1 amide bonds. The Morgan fingerprint density at radius 2 is 2.11 bits per heavy atom. The number of fused-ring (bicyclic) bond motifs is 1. The zero-order valence-corrected chi connectivity index (χ0v) is 15.4. The molecule has 0 aliphatic carbocycles. The molecule has 27 heavy (non-hydrogen) atoms. The van der Waals surface area contributed by atoms with Crippen LogP contribution in [-0.4, -0.2) is 63.0 Å². The maximum Gasteiger partial charge on any atom is 0.511 e. The molecule has 0 aromatic heterocycles. The van der Waals surface area contributed by atoms with E-state index in [-0.39, 0.29) is 18.9 Å². The Kier molecular flexibility index (Phi) is 6.23. The lowest BCUT2D eigenvalue weighted by molar-refractivity contribution is -0.0346. The van der Waals surface area contributed by atoms with Gasteiger partial charge in [-0.05, 0) is 44.0 Å². The van der Waals surface area contributed by atoms with Crippen LogP contribution in [0.1, 0.15) is 18.9 Å². The molecule has 2 atom stereocenters. The SMILES string of the molecule is CC(Cc1ccc2c(c1)OCO2)N(C)C(=O)OCOC(=O)OC1CCNC1. The van der Waals surface area contributed by atoms with Gasteiger partial charge in [-0.25, -0.2) is 9.59 Å². The Morgan fingerprint density at radius 3 is 2.89 bits per heavy atom. The van der Waals surface area contributed by atoms with Crippen molar-refractivity contribution < 1.29 is 33.3 Å². The summed E-state index contributed by atoms with van der Waals surface area (Å²) in [4.78, 5) is 25.1. The van der Waals surface area contributed by atoms with Crippen molar-refractivity contribution >= 4 is 12.2 Å². The molecule has 2 unspecified atom stereocenters. The van der Waals surface area contributed by atoms with Crippen molar-refractivity contribution in [3.63, 3.8) is 0 Å². The van der Waals surface area contributed by atoms with Crippen molar-refractivity contribution in [2.45, 2.75) is 31.9 Å². The summed E-state index contributed by atoms with van der Waals surface area (Å²) in [7, 11) is 1.63. The zero-order chi connectivity index (χ0) is 19.2. The third-order valence-electron chi connectivity index (χ3n) is 4.55. The summed E-state index contributed by atoms with van der Waals surface area (Å²) in [5.74, 6) is 1.42. The Morgan fingerprint density at radius 1 is 1.30 bits per heavy atom. The van der Waals surface area contributed by atoms with Crippen molar-refractivity contribution in [1.29, 1.82) is 0 Å².